The number of phenolic OH excluding ortho intramolecular Hbond substituents is 1. The number of H-pyrrole nitrogens is 1. The molecule has 1 aliphatic rings. The lowest BCUT2D eigenvalue weighted by molar-refractivity contribution is -0.145. The highest BCUT2D eigenvalue weighted by Crippen LogP contribution is 2.21. The van der Waals surface area contributed by atoms with Crippen molar-refractivity contribution in [3.8, 4) is 5.75 Å². The quantitative estimate of drug-likeness (QED) is 0.0253. The van der Waals surface area contributed by atoms with Crippen LogP contribution in [0.15, 0.2) is 46.8 Å². The lowest BCUT2D eigenvalue weighted by Crippen LogP contribution is -2.60. The number of aromatic hydroxyl groups is 1. The van der Waals surface area contributed by atoms with Gasteiger partial charge in [0.25, 0.3) is 0 Å². The molecule has 0 bridgehead atoms. The van der Waals surface area contributed by atoms with Gasteiger partial charge in [0.2, 0.25) is 35.4 Å². The number of hydrogen-bond donors (Lipinski definition) is 13. The van der Waals surface area contributed by atoms with Gasteiger partial charge in [0.1, 0.15) is 42.0 Å². The Morgan fingerprint density at radius 2 is 1.37 bits per heavy atom. The van der Waals surface area contributed by atoms with Crippen molar-refractivity contribution in [3.63, 3.8) is 0 Å². The molecule has 24 heteroatoms. The van der Waals surface area contributed by atoms with Gasteiger partial charge < -0.3 is 75.3 Å². The van der Waals surface area contributed by atoms with Crippen molar-refractivity contribution in [1.29, 1.82) is 0 Å². The van der Waals surface area contributed by atoms with Crippen molar-refractivity contribution in [1.82, 2.24) is 41.5 Å². The molecule has 0 radical (unpaired) electrons. The van der Waals surface area contributed by atoms with Gasteiger partial charge in [-0.05, 0) is 69.1 Å². The summed E-state index contributed by atoms with van der Waals surface area (Å²) in [6.07, 6.45) is 4.21. The summed E-state index contributed by atoms with van der Waals surface area (Å²) in [6.45, 7) is 5.39. The predicted octanol–water partition coefficient (Wildman–Crippen LogP) is -3.10. The Morgan fingerprint density at radius 3 is 1.89 bits per heavy atom. The van der Waals surface area contributed by atoms with E-state index in [2.05, 4.69) is 46.5 Å². The average Bonchev–Trinajstić information content (AvgIpc) is 3.98. The van der Waals surface area contributed by atoms with Gasteiger partial charge in [0.15, 0.2) is 11.9 Å². The number of carboxylic acids is 1. The zero-order valence-corrected chi connectivity index (χ0v) is 37.0. The number of aliphatic carboxylic acids is 1. The van der Waals surface area contributed by atoms with Gasteiger partial charge in [-0.25, -0.2) is 9.78 Å². The van der Waals surface area contributed by atoms with Crippen LogP contribution in [0.3, 0.4) is 0 Å². The number of aliphatic imine (C=N–C) groups is 2. The maximum atomic E-state index is 14.4. The van der Waals surface area contributed by atoms with Crippen LogP contribution < -0.4 is 55.3 Å². The number of nitrogens with two attached hydrogens (primary N) is 5. The average molecular weight is 912 g/mol. The summed E-state index contributed by atoms with van der Waals surface area (Å²) >= 11 is 0. The molecule has 18 N–H and O–H groups in total. The second-order valence-corrected chi connectivity index (χ2v) is 16.0. The van der Waals surface area contributed by atoms with Crippen LogP contribution in [0.5, 0.6) is 5.75 Å². The smallest absolute Gasteiger partial charge is 0.326 e. The second-order valence-electron chi connectivity index (χ2n) is 16.0. The highest BCUT2D eigenvalue weighted by Gasteiger charge is 2.40. The van der Waals surface area contributed by atoms with Crippen LogP contribution in [0.1, 0.15) is 77.0 Å². The summed E-state index contributed by atoms with van der Waals surface area (Å²) < 4.78 is 0. The monoisotopic (exact) mass is 912 g/mol. The van der Waals surface area contributed by atoms with Crippen molar-refractivity contribution in [3.05, 3.63) is 48.0 Å². The number of rotatable bonds is 26. The minimum atomic E-state index is -1.36. The predicted molar refractivity (Wildman–Crippen MR) is 239 cm³/mol. The minimum absolute atomic E-state index is 0.000758. The Labute approximate surface area is 376 Å². The number of benzene rings is 1. The third kappa shape index (κ3) is 17.3. The van der Waals surface area contributed by atoms with Crippen LogP contribution in [0.2, 0.25) is 0 Å². The fourth-order valence-corrected chi connectivity index (χ4v) is 6.93. The van der Waals surface area contributed by atoms with E-state index in [1.807, 2.05) is 6.92 Å². The van der Waals surface area contributed by atoms with Crippen molar-refractivity contribution < 1.29 is 43.8 Å². The van der Waals surface area contributed by atoms with Crippen molar-refractivity contribution >= 4 is 53.3 Å². The van der Waals surface area contributed by atoms with Gasteiger partial charge in [-0.1, -0.05) is 32.4 Å². The molecular weight excluding hydrogens is 847 g/mol. The normalized spacial score (nSPS) is 16.6. The summed E-state index contributed by atoms with van der Waals surface area (Å²) in [4.78, 5) is 111. The number of guanidine groups is 2. The Bertz CT molecular complexity index is 1970. The van der Waals surface area contributed by atoms with Crippen LogP contribution in [0.4, 0.5) is 0 Å². The molecule has 0 saturated carbocycles. The molecule has 1 aliphatic heterocycles. The van der Waals surface area contributed by atoms with Gasteiger partial charge in [0, 0.05) is 44.4 Å². The Morgan fingerprint density at radius 1 is 0.800 bits per heavy atom. The first-order valence-electron chi connectivity index (χ1n) is 21.5. The molecule has 6 amide bonds. The topological polar surface area (TPSA) is 407 Å². The highest BCUT2D eigenvalue weighted by molar-refractivity contribution is 5.97. The molecule has 0 aliphatic carbocycles. The molecule has 65 heavy (non-hydrogen) atoms. The van der Waals surface area contributed by atoms with E-state index in [4.69, 9.17) is 28.7 Å². The standard InChI is InChI=1S/C41H65N15O9/c1-4-22(2)32(42)37(62)51-23(3)33(58)52-27(8-5-15-48-40(43)44)34(59)53-28(9-6-16-49-41(45)46)35(60)54-29(19-25-20-47-21-50-25)38(63)56-17-7-10-31(56)36(61)55-30(39(64)65)18-24-11-13-26(57)14-12-24/h11-14,20-23,27-32,57H,4-10,15-19,42H2,1-3H3,(H,47,50)(H,51,62)(H,52,58)(H,53,59)(H,54,60)(H,55,61)(H,64,65)(H4,43,44,48)(H4,45,46,49). The zero-order chi connectivity index (χ0) is 48.2. The summed E-state index contributed by atoms with van der Waals surface area (Å²) in [7, 11) is 0. The summed E-state index contributed by atoms with van der Waals surface area (Å²) in [5, 5.41) is 32.7. The SMILES string of the molecule is CCC(C)C(N)C(=O)NC(C)C(=O)NC(CCCN=C(N)N)C(=O)NC(CCCN=C(N)N)C(=O)NC(Cc1cnc[nH]1)C(=O)N1CCCC1C(=O)NC(Cc1ccc(O)cc1)C(=O)O. The largest absolute Gasteiger partial charge is 0.508 e. The van der Waals surface area contributed by atoms with Gasteiger partial charge >= 0.3 is 5.97 Å². The number of amides is 6. The summed E-state index contributed by atoms with van der Waals surface area (Å²) in [6, 6.07) is -2.48. The van der Waals surface area contributed by atoms with E-state index >= 15 is 0 Å². The lowest BCUT2D eigenvalue weighted by Gasteiger charge is -2.30. The first-order valence-corrected chi connectivity index (χ1v) is 21.5. The molecule has 1 fully saturated rings. The number of aromatic nitrogens is 2. The van der Waals surface area contributed by atoms with E-state index in [9.17, 15) is 43.8 Å². The zero-order valence-electron chi connectivity index (χ0n) is 37.0. The van der Waals surface area contributed by atoms with E-state index in [0.29, 0.717) is 24.1 Å². The molecule has 24 nitrogen and oxygen atoms in total. The van der Waals surface area contributed by atoms with Gasteiger partial charge in [-0.15, -0.1) is 0 Å². The number of nitrogens with zero attached hydrogens (tertiary/aromatic N) is 4. The van der Waals surface area contributed by atoms with Crippen LogP contribution >= 0.6 is 0 Å². The number of hydrogen-bond acceptors (Lipinski definition) is 12. The number of imidazole rings is 1. The Kier molecular flexibility index (Phi) is 20.9. The van der Waals surface area contributed by atoms with Crippen LogP contribution in [-0.2, 0) is 46.4 Å². The molecular formula is C41H65N15O9. The van der Waals surface area contributed by atoms with Crippen LogP contribution in [0.25, 0.3) is 0 Å². The molecule has 2 aromatic rings. The molecule has 3 rings (SSSR count). The molecule has 358 valence electrons. The summed E-state index contributed by atoms with van der Waals surface area (Å²) in [5.74, 6) is -6.09. The van der Waals surface area contributed by atoms with Crippen LogP contribution in [-0.4, -0.2) is 140 Å². The Hall–Kier alpha value is -6.98. The number of phenols is 1. The number of likely N-dealkylation sites (tertiary alicyclic amines) is 1. The van der Waals surface area contributed by atoms with Crippen molar-refractivity contribution in [2.24, 2.45) is 44.6 Å². The van der Waals surface area contributed by atoms with Crippen molar-refractivity contribution in [2.75, 3.05) is 19.6 Å². The molecule has 1 aromatic carbocycles. The first kappa shape index (κ1) is 52.4. The third-order valence-corrected chi connectivity index (χ3v) is 10.9. The lowest BCUT2D eigenvalue weighted by atomic mass is 9.99. The van der Waals surface area contributed by atoms with Crippen LogP contribution in [0, 0.1) is 5.92 Å². The fraction of sp³-hybridized carbons (Fsp3) is 0.561. The molecule has 8 unspecified atom stereocenters. The third-order valence-electron chi connectivity index (χ3n) is 10.9. The Balaban J connectivity index is 1.87. The van der Waals surface area contributed by atoms with E-state index in [1.54, 1.807) is 6.92 Å². The summed E-state index contributed by atoms with van der Waals surface area (Å²) in [5.41, 5.74) is 29.0. The number of nitrogens with one attached hydrogen (secondary N) is 6. The molecule has 1 saturated heterocycles. The number of carbonyl (C=O) groups is 7. The van der Waals surface area contributed by atoms with Gasteiger partial charge in [-0.3, -0.25) is 38.8 Å². The van der Waals surface area contributed by atoms with E-state index in [-0.39, 0.29) is 88.2 Å². The van der Waals surface area contributed by atoms with Gasteiger partial charge in [0.05, 0.1) is 12.4 Å². The van der Waals surface area contributed by atoms with E-state index in [0.717, 1.165) is 0 Å². The van der Waals surface area contributed by atoms with Crippen molar-refractivity contribution in [2.45, 2.75) is 121 Å². The molecule has 2 heterocycles. The highest BCUT2D eigenvalue weighted by atomic mass is 16.4. The molecule has 8 atom stereocenters. The minimum Gasteiger partial charge on any atom is -0.508 e. The molecule has 1 aromatic heterocycles. The van der Waals surface area contributed by atoms with E-state index < -0.39 is 83.7 Å². The number of aromatic amines is 1. The maximum Gasteiger partial charge on any atom is 0.326 e. The first-order chi connectivity index (χ1) is 30.8. The van der Waals surface area contributed by atoms with E-state index in [1.165, 1.54) is 48.6 Å². The van der Waals surface area contributed by atoms with Gasteiger partial charge in [-0.2, -0.15) is 0 Å². The second kappa shape index (κ2) is 26.0. The molecule has 0 spiro atoms. The maximum absolute atomic E-state index is 14.4. The number of carboxylic acid groups (broad SMARTS) is 1. The number of carbonyl (C=O) groups excluding carboxylic acids is 6. The fourth-order valence-electron chi connectivity index (χ4n) is 6.93.